The molecule has 2 aliphatic carbocycles. The van der Waals surface area contributed by atoms with E-state index < -0.39 is 0 Å². The number of hydrogen-bond donors (Lipinski definition) is 1. The highest BCUT2D eigenvalue weighted by Crippen LogP contribution is 2.73. The topological polar surface area (TPSA) is 38.1 Å². The van der Waals surface area contributed by atoms with Crippen LogP contribution >= 0.6 is 0 Å². The Morgan fingerprint density at radius 2 is 2.29 bits per heavy atom. The van der Waals surface area contributed by atoms with Crippen LogP contribution in [0.1, 0.15) is 23.4 Å². The van der Waals surface area contributed by atoms with Crippen LogP contribution in [0.15, 0.2) is 16.5 Å². The summed E-state index contributed by atoms with van der Waals surface area (Å²) in [6, 6.07) is 4.51. The van der Waals surface area contributed by atoms with E-state index in [1.807, 2.05) is 6.92 Å². The average Bonchev–Trinajstić information content (AvgIpc) is 2.58. The van der Waals surface area contributed by atoms with Gasteiger partial charge in [-0.15, -0.1) is 0 Å². The van der Waals surface area contributed by atoms with E-state index in [1.54, 1.807) is 5.56 Å². The van der Waals surface area contributed by atoms with Crippen LogP contribution in [0.3, 0.4) is 0 Å². The van der Waals surface area contributed by atoms with E-state index in [-0.39, 0.29) is 0 Å². The largest absolute Gasteiger partial charge is 0.441 e. The second-order valence-electron chi connectivity index (χ2n) is 6.03. The number of rotatable bonds is 0. The molecule has 1 aromatic carbocycles. The molecule has 5 rings (SSSR count). The van der Waals surface area contributed by atoms with Crippen molar-refractivity contribution < 1.29 is 4.42 Å². The minimum absolute atomic E-state index is 0.448. The van der Waals surface area contributed by atoms with Crippen LogP contribution in [0, 0.1) is 12.3 Å². The number of nitrogens with zero attached hydrogens (tertiary/aromatic N) is 1. The molecule has 3 nitrogen and oxygen atoms in total. The van der Waals surface area contributed by atoms with E-state index in [2.05, 4.69) is 22.4 Å². The maximum atomic E-state index is 5.63. The third kappa shape index (κ3) is 0.785. The zero-order valence-corrected chi connectivity index (χ0v) is 9.84. The van der Waals surface area contributed by atoms with E-state index in [1.165, 1.54) is 24.9 Å². The summed E-state index contributed by atoms with van der Waals surface area (Å²) in [5.74, 6) is 0.771. The molecule has 2 aromatic rings. The first kappa shape index (κ1) is 8.70. The molecule has 1 N–H and O–H groups in total. The highest BCUT2D eigenvalue weighted by molar-refractivity contribution is 5.77. The van der Waals surface area contributed by atoms with Gasteiger partial charge in [-0.05, 0) is 41.5 Å². The Labute approximate surface area is 99.2 Å². The molecule has 0 radical (unpaired) electrons. The summed E-state index contributed by atoms with van der Waals surface area (Å²) in [6.45, 7) is 4.26. The fourth-order valence-electron chi connectivity index (χ4n) is 4.39. The first-order chi connectivity index (χ1) is 8.22. The smallest absolute Gasteiger partial charge is 0.192 e. The number of benzene rings is 1. The van der Waals surface area contributed by atoms with Crippen molar-refractivity contribution in [1.82, 2.24) is 10.3 Å². The van der Waals surface area contributed by atoms with Gasteiger partial charge < -0.3 is 9.73 Å². The molecule has 2 unspecified atom stereocenters. The minimum Gasteiger partial charge on any atom is -0.441 e. The van der Waals surface area contributed by atoms with E-state index in [4.69, 9.17) is 4.42 Å². The summed E-state index contributed by atoms with van der Waals surface area (Å²) in [6.07, 6.45) is 2.60. The quantitative estimate of drug-likeness (QED) is 0.746. The van der Waals surface area contributed by atoms with Gasteiger partial charge in [-0.1, -0.05) is 0 Å². The normalized spacial score (nSPS) is 37.0. The van der Waals surface area contributed by atoms with Crippen molar-refractivity contribution in [3.05, 3.63) is 29.2 Å². The Kier molecular flexibility index (Phi) is 1.16. The number of oxazole rings is 1. The maximum Gasteiger partial charge on any atom is 0.192 e. The first-order valence-electron chi connectivity index (χ1n) is 6.34. The number of aromatic nitrogens is 1. The summed E-state index contributed by atoms with van der Waals surface area (Å²) >= 11 is 0. The molecular formula is C14H14N2O. The lowest BCUT2D eigenvalue weighted by Gasteiger charge is -2.13. The van der Waals surface area contributed by atoms with Crippen molar-refractivity contribution in [2.75, 3.05) is 13.1 Å². The molecule has 1 saturated heterocycles. The van der Waals surface area contributed by atoms with Crippen LogP contribution < -0.4 is 5.32 Å². The highest BCUT2D eigenvalue weighted by atomic mass is 16.3. The molecule has 3 heteroatoms. The molecule has 1 aromatic heterocycles. The number of hydrogen-bond acceptors (Lipinski definition) is 3. The summed E-state index contributed by atoms with van der Waals surface area (Å²) in [5, 5.41) is 3.56. The van der Waals surface area contributed by atoms with Gasteiger partial charge in [0, 0.05) is 25.4 Å². The molecule has 0 spiro atoms. The lowest BCUT2D eigenvalue weighted by Crippen LogP contribution is -2.21. The van der Waals surface area contributed by atoms with Gasteiger partial charge in [-0.3, -0.25) is 0 Å². The Morgan fingerprint density at radius 1 is 1.35 bits per heavy atom. The molecule has 1 saturated carbocycles. The molecule has 1 aliphatic heterocycles. The lowest BCUT2D eigenvalue weighted by molar-refractivity contribution is 0.521. The monoisotopic (exact) mass is 226 g/mol. The SMILES string of the molecule is Cc1nc2cc3c(cc2o1)CC12CNCC31C2. The third-order valence-corrected chi connectivity index (χ3v) is 5.19. The van der Waals surface area contributed by atoms with Gasteiger partial charge >= 0.3 is 0 Å². The molecule has 86 valence electrons. The molecule has 0 amide bonds. The summed E-state index contributed by atoms with van der Waals surface area (Å²) < 4.78 is 5.63. The average molecular weight is 226 g/mol. The standard InChI is InChI=1S/C14H14N2O/c1-8-16-11-3-10-9(2-12(11)17-8)4-13-5-14(10,13)7-15-6-13/h2-3,15H,4-7H2,1H3. The molecule has 17 heavy (non-hydrogen) atoms. The molecule has 3 aliphatic rings. The molecule has 2 fully saturated rings. The lowest BCUT2D eigenvalue weighted by atomic mass is 9.95. The van der Waals surface area contributed by atoms with Crippen LogP contribution in [0.25, 0.3) is 11.1 Å². The van der Waals surface area contributed by atoms with Crippen molar-refractivity contribution in [2.24, 2.45) is 5.41 Å². The van der Waals surface area contributed by atoms with Crippen LogP contribution in [-0.2, 0) is 11.8 Å². The van der Waals surface area contributed by atoms with E-state index in [9.17, 15) is 0 Å². The van der Waals surface area contributed by atoms with Gasteiger partial charge in [-0.25, -0.2) is 4.98 Å². The Morgan fingerprint density at radius 3 is 3.24 bits per heavy atom. The molecule has 0 bridgehead atoms. The fraction of sp³-hybridized carbons (Fsp3) is 0.500. The zero-order chi connectivity index (χ0) is 11.3. The molecule has 2 heterocycles. The minimum atomic E-state index is 0.448. The van der Waals surface area contributed by atoms with Crippen LogP contribution in [0.4, 0.5) is 0 Å². The van der Waals surface area contributed by atoms with Crippen molar-refractivity contribution in [2.45, 2.75) is 25.2 Å². The van der Waals surface area contributed by atoms with Gasteiger partial charge in [0.1, 0.15) is 5.52 Å². The van der Waals surface area contributed by atoms with Crippen molar-refractivity contribution in [3.63, 3.8) is 0 Å². The summed E-state index contributed by atoms with van der Waals surface area (Å²) in [7, 11) is 0. The van der Waals surface area contributed by atoms with Crippen LogP contribution in [0.5, 0.6) is 0 Å². The second-order valence-corrected chi connectivity index (χ2v) is 6.03. The Hall–Kier alpha value is -1.35. The molecule has 2 atom stereocenters. The first-order valence-corrected chi connectivity index (χ1v) is 6.34. The predicted molar refractivity (Wildman–Crippen MR) is 64.0 cm³/mol. The summed E-state index contributed by atoms with van der Waals surface area (Å²) in [4.78, 5) is 4.47. The fourth-order valence-corrected chi connectivity index (χ4v) is 4.39. The second kappa shape index (κ2) is 2.27. The van der Waals surface area contributed by atoms with Gasteiger partial charge in [0.25, 0.3) is 0 Å². The predicted octanol–water partition coefficient (Wildman–Crippen LogP) is 1.92. The maximum absolute atomic E-state index is 5.63. The zero-order valence-electron chi connectivity index (χ0n) is 9.84. The number of nitrogens with one attached hydrogen (secondary N) is 1. The van der Waals surface area contributed by atoms with Crippen molar-refractivity contribution in [3.8, 4) is 0 Å². The van der Waals surface area contributed by atoms with Crippen LogP contribution in [-0.4, -0.2) is 18.1 Å². The Balaban J connectivity index is 1.82. The summed E-state index contributed by atoms with van der Waals surface area (Å²) in [5.41, 5.74) is 6.03. The third-order valence-electron chi connectivity index (χ3n) is 5.19. The number of fused-ring (bicyclic) bond motifs is 2. The van der Waals surface area contributed by atoms with E-state index >= 15 is 0 Å². The Bertz CT molecular complexity index is 670. The van der Waals surface area contributed by atoms with Crippen molar-refractivity contribution >= 4 is 11.1 Å². The van der Waals surface area contributed by atoms with Crippen molar-refractivity contribution in [1.29, 1.82) is 0 Å². The number of aryl methyl sites for hydroxylation is 1. The van der Waals surface area contributed by atoms with Gasteiger partial charge in [0.2, 0.25) is 0 Å². The van der Waals surface area contributed by atoms with Gasteiger partial charge in [-0.2, -0.15) is 0 Å². The van der Waals surface area contributed by atoms with Gasteiger partial charge in [0.15, 0.2) is 11.5 Å². The number of piperidine rings is 1. The molecular weight excluding hydrogens is 212 g/mol. The van der Waals surface area contributed by atoms with E-state index in [0.717, 1.165) is 23.5 Å². The van der Waals surface area contributed by atoms with Crippen LogP contribution in [0.2, 0.25) is 0 Å². The van der Waals surface area contributed by atoms with Gasteiger partial charge in [0.05, 0.1) is 0 Å². The highest BCUT2D eigenvalue weighted by Gasteiger charge is 2.73. The van der Waals surface area contributed by atoms with E-state index in [0.29, 0.717) is 10.8 Å².